The average molecular weight is 279 g/mol. The van der Waals surface area contributed by atoms with Gasteiger partial charge in [0.25, 0.3) is 5.91 Å². The van der Waals surface area contributed by atoms with Crippen LogP contribution in [0.2, 0.25) is 0 Å². The lowest BCUT2D eigenvalue weighted by Gasteiger charge is -2.32. The van der Waals surface area contributed by atoms with E-state index in [1.807, 2.05) is 0 Å². The van der Waals surface area contributed by atoms with E-state index < -0.39 is 5.60 Å². The van der Waals surface area contributed by atoms with Crippen LogP contribution in [0.4, 0.5) is 11.4 Å². The molecule has 0 unspecified atom stereocenters. The summed E-state index contributed by atoms with van der Waals surface area (Å²) in [5, 5.41) is 16.1. The fraction of sp³-hybridized carbons (Fsp3) is 0.500. The molecular weight excluding hydrogens is 258 g/mol. The second-order valence-electron chi connectivity index (χ2n) is 5.07. The maximum Gasteiger partial charge on any atom is 0.253 e. The number of carbonyl (C=O) groups excluding carboxylic acids is 1. The molecule has 110 valence electrons. The summed E-state index contributed by atoms with van der Waals surface area (Å²) < 4.78 is 5.24. The highest BCUT2D eigenvalue weighted by molar-refractivity contribution is 6.00. The molecule has 6 heteroatoms. The number of anilines is 2. The van der Waals surface area contributed by atoms with Gasteiger partial charge in [0, 0.05) is 51.0 Å². The zero-order valence-corrected chi connectivity index (χ0v) is 11.6. The minimum Gasteiger partial charge on any atom is -0.399 e. The van der Waals surface area contributed by atoms with Gasteiger partial charge in [-0.3, -0.25) is 4.79 Å². The number of hydrogen-bond donors (Lipinski definition) is 4. The predicted octanol–water partition coefficient (Wildman–Crippen LogP) is 0.582. The Kier molecular flexibility index (Phi) is 4.46. The van der Waals surface area contributed by atoms with Crippen molar-refractivity contribution in [3.05, 3.63) is 23.8 Å². The summed E-state index contributed by atoms with van der Waals surface area (Å²) in [6.45, 7) is 1.47. The third-order valence-corrected chi connectivity index (χ3v) is 3.55. The molecule has 1 heterocycles. The number of carbonyl (C=O) groups is 1. The topological polar surface area (TPSA) is 96.6 Å². The van der Waals surface area contributed by atoms with E-state index in [1.165, 1.54) is 0 Å². The molecule has 0 atom stereocenters. The Bertz CT molecular complexity index is 485. The van der Waals surface area contributed by atoms with Gasteiger partial charge >= 0.3 is 0 Å². The standard InChI is InChI=1S/C14H21N3O3/c1-16-13(18)11-3-2-10(15)8-12(11)17-9-14(19)4-6-20-7-5-14/h2-3,8,17,19H,4-7,9,15H2,1H3,(H,16,18). The number of benzene rings is 1. The van der Waals surface area contributed by atoms with Gasteiger partial charge in [0.15, 0.2) is 0 Å². The number of amides is 1. The number of rotatable bonds is 4. The van der Waals surface area contributed by atoms with Crippen molar-refractivity contribution in [3.8, 4) is 0 Å². The Balaban J connectivity index is 2.11. The molecular formula is C14H21N3O3. The van der Waals surface area contributed by atoms with Crippen molar-refractivity contribution < 1.29 is 14.6 Å². The van der Waals surface area contributed by atoms with Gasteiger partial charge in [0.1, 0.15) is 0 Å². The van der Waals surface area contributed by atoms with Crippen molar-refractivity contribution in [2.75, 3.05) is 37.9 Å². The SMILES string of the molecule is CNC(=O)c1ccc(N)cc1NCC1(O)CCOCC1. The summed E-state index contributed by atoms with van der Waals surface area (Å²) in [6.07, 6.45) is 1.16. The second kappa shape index (κ2) is 6.11. The summed E-state index contributed by atoms with van der Waals surface area (Å²) in [6, 6.07) is 5.05. The summed E-state index contributed by atoms with van der Waals surface area (Å²) in [5.74, 6) is -0.188. The van der Waals surface area contributed by atoms with E-state index >= 15 is 0 Å². The number of hydrogen-bond acceptors (Lipinski definition) is 5. The zero-order chi connectivity index (χ0) is 14.6. The van der Waals surface area contributed by atoms with E-state index in [4.69, 9.17) is 10.5 Å². The lowest BCUT2D eigenvalue weighted by molar-refractivity contribution is -0.0543. The van der Waals surface area contributed by atoms with Crippen LogP contribution in [0.25, 0.3) is 0 Å². The molecule has 1 saturated heterocycles. The molecule has 6 nitrogen and oxygen atoms in total. The van der Waals surface area contributed by atoms with Crippen molar-refractivity contribution in [2.24, 2.45) is 0 Å². The van der Waals surface area contributed by atoms with Crippen LogP contribution in [-0.2, 0) is 4.74 Å². The first-order valence-electron chi connectivity index (χ1n) is 6.70. The largest absolute Gasteiger partial charge is 0.399 e. The Hall–Kier alpha value is -1.79. The van der Waals surface area contributed by atoms with E-state index in [0.29, 0.717) is 49.5 Å². The molecule has 1 aromatic rings. The van der Waals surface area contributed by atoms with E-state index in [0.717, 1.165) is 0 Å². The van der Waals surface area contributed by atoms with Crippen molar-refractivity contribution in [2.45, 2.75) is 18.4 Å². The van der Waals surface area contributed by atoms with Gasteiger partial charge in [-0.1, -0.05) is 0 Å². The van der Waals surface area contributed by atoms with Gasteiger partial charge in [-0.2, -0.15) is 0 Å². The predicted molar refractivity (Wildman–Crippen MR) is 77.7 cm³/mol. The molecule has 2 rings (SSSR count). The Labute approximate surface area is 118 Å². The third-order valence-electron chi connectivity index (χ3n) is 3.55. The highest BCUT2D eigenvalue weighted by Crippen LogP contribution is 2.24. The van der Waals surface area contributed by atoms with Crippen molar-refractivity contribution in [1.82, 2.24) is 5.32 Å². The molecule has 1 aliphatic rings. The van der Waals surface area contributed by atoms with Crippen molar-refractivity contribution in [3.63, 3.8) is 0 Å². The molecule has 0 aromatic heterocycles. The van der Waals surface area contributed by atoms with Crippen LogP contribution >= 0.6 is 0 Å². The maximum atomic E-state index is 11.8. The van der Waals surface area contributed by atoms with Crippen LogP contribution in [0.3, 0.4) is 0 Å². The van der Waals surface area contributed by atoms with Gasteiger partial charge in [0.05, 0.1) is 11.2 Å². The third kappa shape index (κ3) is 3.40. The average Bonchev–Trinajstić information content (AvgIpc) is 2.45. The first-order valence-corrected chi connectivity index (χ1v) is 6.70. The number of ether oxygens (including phenoxy) is 1. The van der Waals surface area contributed by atoms with E-state index in [2.05, 4.69) is 10.6 Å². The maximum absolute atomic E-state index is 11.8. The van der Waals surface area contributed by atoms with Gasteiger partial charge in [-0.05, 0) is 18.2 Å². The Morgan fingerprint density at radius 3 is 2.80 bits per heavy atom. The van der Waals surface area contributed by atoms with Crippen LogP contribution in [0.5, 0.6) is 0 Å². The molecule has 0 bridgehead atoms. The number of nitrogen functional groups attached to an aromatic ring is 1. The molecule has 1 aromatic carbocycles. The number of aliphatic hydroxyl groups is 1. The minimum absolute atomic E-state index is 0.188. The van der Waals surface area contributed by atoms with Crippen LogP contribution in [0.1, 0.15) is 23.2 Å². The van der Waals surface area contributed by atoms with E-state index in [1.54, 1.807) is 25.2 Å². The van der Waals surface area contributed by atoms with Crippen LogP contribution in [0.15, 0.2) is 18.2 Å². The first-order chi connectivity index (χ1) is 9.54. The van der Waals surface area contributed by atoms with Gasteiger partial charge in [-0.25, -0.2) is 0 Å². The van der Waals surface area contributed by atoms with Crippen molar-refractivity contribution in [1.29, 1.82) is 0 Å². The lowest BCUT2D eigenvalue weighted by atomic mass is 9.94. The van der Waals surface area contributed by atoms with Gasteiger partial charge < -0.3 is 26.2 Å². The molecule has 1 amide bonds. The van der Waals surface area contributed by atoms with E-state index in [-0.39, 0.29) is 5.91 Å². The zero-order valence-electron chi connectivity index (χ0n) is 11.6. The summed E-state index contributed by atoms with van der Waals surface area (Å²) in [5.41, 5.74) is 6.66. The van der Waals surface area contributed by atoms with Gasteiger partial charge in [0.2, 0.25) is 0 Å². The highest BCUT2D eigenvalue weighted by atomic mass is 16.5. The molecule has 1 fully saturated rings. The smallest absolute Gasteiger partial charge is 0.253 e. The Morgan fingerprint density at radius 2 is 2.15 bits per heavy atom. The Morgan fingerprint density at radius 1 is 1.45 bits per heavy atom. The lowest BCUT2D eigenvalue weighted by Crippen LogP contribution is -2.42. The van der Waals surface area contributed by atoms with Crippen molar-refractivity contribution >= 4 is 17.3 Å². The summed E-state index contributed by atoms with van der Waals surface area (Å²) in [7, 11) is 1.58. The monoisotopic (exact) mass is 279 g/mol. The number of nitrogens with one attached hydrogen (secondary N) is 2. The van der Waals surface area contributed by atoms with Crippen LogP contribution < -0.4 is 16.4 Å². The quantitative estimate of drug-likeness (QED) is 0.605. The summed E-state index contributed by atoms with van der Waals surface area (Å²) in [4.78, 5) is 11.8. The van der Waals surface area contributed by atoms with Crippen LogP contribution in [-0.4, -0.2) is 43.4 Å². The fourth-order valence-electron chi connectivity index (χ4n) is 2.23. The van der Waals surface area contributed by atoms with Gasteiger partial charge in [-0.15, -0.1) is 0 Å². The molecule has 5 N–H and O–H groups in total. The summed E-state index contributed by atoms with van der Waals surface area (Å²) >= 11 is 0. The molecule has 0 aliphatic carbocycles. The van der Waals surface area contributed by atoms with E-state index in [9.17, 15) is 9.90 Å². The van der Waals surface area contributed by atoms with Crippen LogP contribution in [0, 0.1) is 0 Å². The highest BCUT2D eigenvalue weighted by Gasteiger charge is 2.29. The molecule has 0 saturated carbocycles. The molecule has 0 radical (unpaired) electrons. The number of nitrogens with two attached hydrogens (primary N) is 1. The normalized spacial score (nSPS) is 17.5. The first kappa shape index (κ1) is 14.6. The second-order valence-corrected chi connectivity index (χ2v) is 5.07. The molecule has 20 heavy (non-hydrogen) atoms. The molecule has 1 aliphatic heterocycles. The minimum atomic E-state index is -0.803. The molecule has 0 spiro atoms. The fourth-order valence-corrected chi connectivity index (χ4v) is 2.23.